The Morgan fingerprint density at radius 2 is 1.78 bits per heavy atom. The molecule has 0 aromatic rings. The van der Waals surface area contributed by atoms with Crippen LogP contribution in [0.2, 0.25) is 0 Å². The van der Waals surface area contributed by atoms with Gasteiger partial charge in [-0.1, -0.05) is 44.2 Å². The van der Waals surface area contributed by atoms with Crippen molar-refractivity contribution in [2.75, 3.05) is 0 Å². The number of nitrogens with zero attached hydrogens (tertiary/aromatic N) is 2. The normalized spacial score (nSPS) is 24.2. The number of hydrogen-bond acceptors (Lipinski definition) is 2. The fourth-order valence-electron chi connectivity index (χ4n) is 1.97. The lowest BCUT2D eigenvalue weighted by atomic mass is 9.90. The van der Waals surface area contributed by atoms with Crippen LogP contribution in [-0.4, -0.2) is 17.5 Å². The molecule has 1 aliphatic carbocycles. The standard InChI is InChI=1S/C16H20N2/c1-15(2)8-6-5-7-13(11-15)14-12-17-10-9-16(3,4)18-14/h5-12H,1-4H3. The highest BCUT2D eigenvalue weighted by Gasteiger charge is 2.19. The highest BCUT2D eigenvalue weighted by molar-refractivity contribution is 6.39. The molecule has 0 aromatic carbocycles. The zero-order valence-corrected chi connectivity index (χ0v) is 11.5. The molecule has 0 saturated carbocycles. The number of allylic oxidation sites excluding steroid dienone is 6. The molecule has 0 radical (unpaired) electrons. The van der Waals surface area contributed by atoms with Gasteiger partial charge in [0.2, 0.25) is 0 Å². The molecule has 18 heavy (non-hydrogen) atoms. The number of hydrogen-bond donors (Lipinski definition) is 0. The van der Waals surface area contributed by atoms with Gasteiger partial charge in [0.25, 0.3) is 0 Å². The summed E-state index contributed by atoms with van der Waals surface area (Å²) in [5.74, 6) is 0. The first-order chi connectivity index (χ1) is 8.38. The van der Waals surface area contributed by atoms with Crippen LogP contribution in [0.5, 0.6) is 0 Å². The van der Waals surface area contributed by atoms with E-state index in [1.807, 2.05) is 18.5 Å². The van der Waals surface area contributed by atoms with E-state index < -0.39 is 0 Å². The van der Waals surface area contributed by atoms with Gasteiger partial charge in [0.1, 0.15) is 0 Å². The molecule has 0 atom stereocenters. The van der Waals surface area contributed by atoms with Gasteiger partial charge in [-0.25, -0.2) is 0 Å². The Morgan fingerprint density at radius 1 is 1.00 bits per heavy atom. The number of aliphatic imine (C=N–C) groups is 2. The van der Waals surface area contributed by atoms with Crippen molar-refractivity contribution in [2.24, 2.45) is 15.4 Å². The van der Waals surface area contributed by atoms with Gasteiger partial charge in [-0.3, -0.25) is 9.98 Å². The zero-order valence-electron chi connectivity index (χ0n) is 11.5. The van der Waals surface area contributed by atoms with Crippen LogP contribution in [0.25, 0.3) is 0 Å². The van der Waals surface area contributed by atoms with Crippen LogP contribution in [0.15, 0.2) is 58.2 Å². The van der Waals surface area contributed by atoms with Crippen LogP contribution < -0.4 is 0 Å². The smallest absolute Gasteiger partial charge is 0.0836 e. The van der Waals surface area contributed by atoms with Crippen molar-refractivity contribution in [3.63, 3.8) is 0 Å². The molecule has 2 rings (SSSR count). The molecule has 1 aliphatic heterocycles. The molecule has 0 fully saturated rings. The molecule has 2 heteroatoms. The molecule has 0 amide bonds. The van der Waals surface area contributed by atoms with Crippen LogP contribution in [0, 0.1) is 5.41 Å². The SMILES string of the molecule is CC1(C)C=CC=CC(C2=NC(C)(C)C=CN=C2)=C1. The summed E-state index contributed by atoms with van der Waals surface area (Å²) in [4.78, 5) is 9.04. The molecule has 0 aromatic heterocycles. The summed E-state index contributed by atoms with van der Waals surface area (Å²) in [5.41, 5.74) is 1.91. The van der Waals surface area contributed by atoms with Gasteiger partial charge in [-0.2, -0.15) is 0 Å². The maximum absolute atomic E-state index is 4.77. The minimum atomic E-state index is -0.204. The Labute approximate surface area is 109 Å². The molecule has 94 valence electrons. The number of rotatable bonds is 1. The summed E-state index contributed by atoms with van der Waals surface area (Å²) in [6, 6.07) is 0. The molecule has 0 spiro atoms. The van der Waals surface area contributed by atoms with Gasteiger partial charge in [-0.05, 0) is 25.5 Å². The molecule has 0 saturated heterocycles. The second kappa shape index (κ2) is 4.52. The maximum atomic E-state index is 4.77. The second-order valence-corrected chi connectivity index (χ2v) is 5.88. The van der Waals surface area contributed by atoms with Crippen LogP contribution in [0.1, 0.15) is 27.7 Å². The summed E-state index contributed by atoms with van der Waals surface area (Å²) in [6.07, 6.45) is 16.3. The van der Waals surface area contributed by atoms with Gasteiger partial charge in [0.15, 0.2) is 0 Å². The molecular formula is C16H20N2. The largest absolute Gasteiger partial charge is 0.273 e. The third-order valence-electron chi connectivity index (χ3n) is 2.91. The lowest BCUT2D eigenvalue weighted by Crippen LogP contribution is -2.17. The molecule has 0 N–H and O–H groups in total. The van der Waals surface area contributed by atoms with Gasteiger partial charge in [-0.15, -0.1) is 0 Å². The van der Waals surface area contributed by atoms with Gasteiger partial charge < -0.3 is 0 Å². The fraction of sp³-hybridized carbons (Fsp3) is 0.375. The Bertz CT molecular complexity index is 461. The summed E-state index contributed by atoms with van der Waals surface area (Å²) >= 11 is 0. The third-order valence-corrected chi connectivity index (χ3v) is 2.91. The van der Waals surface area contributed by atoms with Gasteiger partial charge in [0.05, 0.1) is 17.5 Å². The molecule has 0 bridgehead atoms. The Kier molecular flexibility index (Phi) is 3.20. The first-order valence-corrected chi connectivity index (χ1v) is 6.28. The van der Waals surface area contributed by atoms with Crippen molar-refractivity contribution in [2.45, 2.75) is 33.2 Å². The van der Waals surface area contributed by atoms with Crippen LogP contribution in [-0.2, 0) is 0 Å². The monoisotopic (exact) mass is 240 g/mol. The quantitative estimate of drug-likeness (QED) is 0.664. The highest BCUT2D eigenvalue weighted by Crippen LogP contribution is 2.25. The van der Waals surface area contributed by atoms with Crippen LogP contribution in [0.4, 0.5) is 0 Å². The van der Waals surface area contributed by atoms with Crippen molar-refractivity contribution < 1.29 is 0 Å². The van der Waals surface area contributed by atoms with Crippen LogP contribution in [0.3, 0.4) is 0 Å². The van der Waals surface area contributed by atoms with Crippen molar-refractivity contribution in [1.82, 2.24) is 0 Å². The van der Waals surface area contributed by atoms with E-state index in [4.69, 9.17) is 4.99 Å². The van der Waals surface area contributed by atoms with E-state index in [2.05, 4.69) is 63.1 Å². The van der Waals surface area contributed by atoms with Gasteiger partial charge >= 0.3 is 0 Å². The van der Waals surface area contributed by atoms with E-state index in [1.165, 1.54) is 0 Å². The Hall–Kier alpha value is -1.70. The van der Waals surface area contributed by atoms with E-state index in [1.54, 1.807) is 0 Å². The summed E-state index contributed by atoms with van der Waals surface area (Å²) in [5, 5.41) is 0. The second-order valence-electron chi connectivity index (χ2n) is 5.88. The lowest BCUT2D eigenvalue weighted by Gasteiger charge is -2.18. The zero-order chi connectivity index (χ0) is 13.2. The Morgan fingerprint density at radius 3 is 2.56 bits per heavy atom. The Balaban J connectivity index is 2.43. The first-order valence-electron chi connectivity index (χ1n) is 6.28. The minimum Gasteiger partial charge on any atom is -0.273 e. The van der Waals surface area contributed by atoms with E-state index in [0.717, 1.165) is 11.3 Å². The predicted octanol–water partition coefficient (Wildman–Crippen LogP) is 3.88. The average Bonchev–Trinajstić information content (AvgIpc) is 2.53. The first kappa shape index (κ1) is 12.7. The topological polar surface area (TPSA) is 24.7 Å². The van der Waals surface area contributed by atoms with Crippen molar-refractivity contribution in [3.8, 4) is 0 Å². The summed E-state index contributed by atoms with van der Waals surface area (Å²) in [7, 11) is 0. The fourth-order valence-corrected chi connectivity index (χ4v) is 1.97. The molecule has 0 unspecified atom stereocenters. The summed E-state index contributed by atoms with van der Waals surface area (Å²) < 4.78 is 0. The van der Waals surface area contributed by atoms with E-state index in [0.29, 0.717) is 0 Å². The molecule has 2 aliphatic rings. The van der Waals surface area contributed by atoms with E-state index >= 15 is 0 Å². The summed E-state index contributed by atoms with van der Waals surface area (Å²) in [6.45, 7) is 8.55. The molecule has 1 heterocycles. The maximum Gasteiger partial charge on any atom is 0.0836 e. The lowest BCUT2D eigenvalue weighted by molar-refractivity contribution is 0.624. The predicted molar refractivity (Wildman–Crippen MR) is 79.3 cm³/mol. The van der Waals surface area contributed by atoms with Crippen molar-refractivity contribution in [3.05, 3.63) is 48.2 Å². The molecular weight excluding hydrogens is 220 g/mol. The highest BCUT2D eigenvalue weighted by atomic mass is 14.9. The van der Waals surface area contributed by atoms with E-state index in [-0.39, 0.29) is 11.0 Å². The van der Waals surface area contributed by atoms with Crippen molar-refractivity contribution >= 4 is 11.9 Å². The van der Waals surface area contributed by atoms with Crippen LogP contribution >= 0.6 is 0 Å². The minimum absolute atomic E-state index is 0.0407. The molecule has 2 nitrogen and oxygen atoms in total. The average molecular weight is 240 g/mol. The van der Waals surface area contributed by atoms with E-state index in [9.17, 15) is 0 Å². The van der Waals surface area contributed by atoms with Crippen molar-refractivity contribution in [1.29, 1.82) is 0 Å². The third kappa shape index (κ3) is 3.16. The van der Waals surface area contributed by atoms with Gasteiger partial charge in [0, 0.05) is 11.6 Å².